The molecule has 168 valence electrons. The molecule has 0 saturated carbocycles. The molecule has 4 aromatic rings. The number of hydrogen-bond donors (Lipinski definition) is 2. The molecule has 1 aliphatic heterocycles. The summed E-state index contributed by atoms with van der Waals surface area (Å²) in [7, 11) is 1.60. The van der Waals surface area contributed by atoms with Crippen LogP contribution < -0.4 is 20.3 Å². The average Bonchev–Trinajstić information content (AvgIpc) is 2.88. The van der Waals surface area contributed by atoms with Crippen molar-refractivity contribution in [2.24, 2.45) is 0 Å². The molecule has 8 nitrogen and oxygen atoms in total. The van der Waals surface area contributed by atoms with E-state index < -0.39 is 6.67 Å². The highest BCUT2D eigenvalue weighted by molar-refractivity contribution is 5.95. The molecule has 0 amide bonds. The number of rotatable bonds is 6. The van der Waals surface area contributed by atoms with Crippen molar-refractivity contribution in [2.45, 2.75) is 6.04 Å². The second-order valence-corrected chi connectivity index (χ2v) is 7.78. The van der Waals surface area contributed by atoms with Gasteiger partial charge in [0.1, 0.15) is 24.1 Å². The number of benzene rings is 1. The van der Waals surface area contributed by atoms with Crippen LogP contribution in [0, 0.1) is 0 Å². The van der Waals surface area contributed by atoms with Crippen molar-refractivity contribution in [3.05, 3.63) is 61.1 Å². The molecule has 3 aromatic heterocycles. The Bertz CT molecular complexity index is 1250. The first-order chi connectivity index (χ1) is 16.2. The lowest BCUT2D eigenvalue weighted by molar-refractivity contribution is 0.352. The number of aromatic nitrogens is 4. The van der Waals surface area contributed by atoms with Gasteiger partial charge >= 0.3 is 0 Å². The minimum atomic E-state index is -0.441. The molecule has 1 fully saturated rings. The average molecular weight is 446 g/mol. The number of piperazine rings is 1. The Balaban J connectivity index is 1.59. The summed E-state index contributed by atoms with van der Waals surface area (Å²) in [5, 5.41) is 7.27. The molecule has 2 N–H and O–H groups in total. The normalized spacial score (nSPS) is 16.1. The molecule has 1 atom stereocenters. The smallest absolute Gasteiger partial charge is 0.162 e. The van der Waals surface area contributed by atoms with E-state index >= 15 is 0 Å². The standard InChI is InChI=1S/C24H24FN7O/c1-33-20-14-26-13-19-22(20)24(32-10-9-27-18(12-25)15-32)31-23(30-19)16-7-8-28-21(11-16)29-17-5-3-2-4-6-17/h2-8,11,13-14,18,27H,9-10,12,15H2,1H3,(H,28,29)/t18-/m0/s1. The first kappa shape index (κ1) is 21.0. The van der Waals surface area contributed by atoms with Gasteiger partial charge in [-0.1, -0.05) is 18.2 Å². The van der Waals surface area contributed by atoms with Crippen molar-refractivity contribution in [1.29, 1.82) is 0 Å². The number of methoxy groups -OCH3 is 1. The number of pyridine rings is 2. The maximum atomic E-state index is 13.4. The molecule has 9 heteroatoms. The van der Waals surface area contributed by atoms with E-state index in [1.165, 1.54) is 0 Å². The number of para-hydroxylation sites is 1. The zero-order chi connectivity index (χ0) is 22.6. The van der Waals surface area contributed by atoms with Crippen molar-refractivity contribution in [1.82, 2.24) is 25.3 Å². The summed E-state index contributed by atoms with van der Waals surface area (Å²) >= 11 is 0. The van der Waals surface area contributed by atoms with Crippen molar-refractivity contribution < 1.29 is 9.13 Å². The second-order valence-electron chi connectivity index (χ2n) is 7.78. The lowest BCUT2D eigenvalue weighted by atomic mass is 10.1. The minimum Gasteiger partial charge on any atom is -0.494 e. The van der Waals surface area contributed by atoms with E-state index in [-0.39, 0.29) is 6.04 Å². The lowest BCUT2D eigenvalue weighted by Crippen LogP contribution is -2.52. The van der Waals surface area contributed by atoms with Gasteiger partial charge in [-0.15, -0.1) is 0 Å². The monoisotopic (exact) mass is 445 g/mol. The largest absolute Gasteiger partial charge is 0.494 e. The Morgan fingerprint density at radius 1 is 1.18 bits per heavy atom. The zero-order valence-electron chi connectivity index (χ0n) is 18.2. The molecule has 4 heterocycles. The van der Waals surface area contributed by atoms with E-state index in [4.69, 9.17) is 14.7 Å². The maximum absolute atomic E-state index is 13.4. The number of fused-ring (bicyclic) bond motifs is 1. The topological polar surface area (TPSA) is 88.1 Å². The third kappa shape index (κ3) is 4.40. The van der Waals surface area contributed by atoms with Gasteiger partial charge in [0.25, 0.3) is 0 Å². The molecule has 0 unspecified atom stereocenters. The maximum Gasteiger partial charge on any atom is 0.162 e. The van der Waals surface area contributed by atoms with Crippen molar-refractivity contribution in [2.75, 3.05) is 43.6 Å². The molecule has 33 heavy (non-hydrogen) atoms. The summed E-state index contributed by atoms with van der Waals surface area (Å²) < 4.78 is 19.0. The van der Waals surface area contributed by atoms with Gasteiger partial charge < -0.3 is 20.3 Å². The van der Waals surface area contributed by atoms with Gasteiger partial charge in [-0.05, 0) is 24.3 Å². The fourth-order valence-electron chi connectivity index (χ4n) is 3.98. The summed E-state index contributed by atoms with van der Waals surface area (Å²) in [5.41, 5.74) is 2.42. The van der Waals surface area contributed by atoms with Crippen LogP contribution in [0.25, 0.3) is 22.3 Å². The number of hydrogen-bond acceptors (Lipinski definition) is 8. The number of ether oxygens (including phenoxy) is 1. The molecular weight excluding hydrogens is 421 g/mol. The summed E-state index contributed by atoms with van der Waals surface area (Å²) in [4.78, 5) is 20.5. The predicted octanol–water partition coefficient (Wildman–Crippen LogP) is 3.59. The Morgan fingerprint density at radius 2 is 2.06 bits per heavy atom. The van der Waals surface area contributed by atoms with Crippen LogP contribution in [0.15, 0.2) is 61.1 Å². The van der Waals surface area contributed by atoms with E-state index in [2.05, 4.69) is 25.5 Å². The second kappa shape index (κ2) is 9.33. The Kier molecular flexibility index (Phi) is 5.95. The Labute approximate surface area is 190 Å². The Hall–Kier alpha value is -3.85. The first-order valence-electron chi connectivity index (χ1n) is 10.8. The number of halogens is 1. The summed E-state index contributed by atoms with van der Waals surface area (Å²) in [5.74, 6) is 2.53. The molecule has 5 rings (SSSR count). The Morgan fingerprint density at radius 3 is 2.88 bits per heavy atom. The molecule has 0 radical (unpaired) electrons. The minimum absolute atomic E-state index is 0.248. The molecule has 1 aliphatic rings. The van der Waals surface area contributed by atoms with Gasteiger partial charge in [0, 0.05) is 37.1 Å². The van der Waals surface area contributed by atoms with Gasteiger partial charge in [-0.25, -0.2) is 19.3 Å². The SMILES string of the molecule is COc1cncc2nc(-c3ccnc(Nc4ccccc4)c3)nc(N3CCN[C@@H](CF)C3)c12. The highest BCUT2D eigenvalue weighted by Gasteiger charge is 2.24. The van der Waals surface area contributed by atoms with Crippen LogP contribution in [0.3, 0.4) is 0 Å². The van der Waals surface area contributed by atoms with Crippen LogP contribution in [0.5, 0.6) is 5.75 Å². The molecule has 0 bridgehead atoms. The molecule has 1 saturated heterocycles. The molecule has 0 spiro atoms. The van der Waals surface area contributed by atoms with E-state index in [1.54, 1.807) is 25.7 Å². The van der Waals surface area contributed by atoms with Crippen molar-refractivity contribution >= 4 is 28.2 Å². The summed E-state index contributed by atoms with van der Waals surface area (Å²) in [6.45, 7) is 1.43. The number of nitrogens with one attached hydrogen (secondary N) is 2. The summed E-state index contributed by atoms with van der Waals surface area (Å²) in [6, 6.07) is 13.4. The van der Waals surface area contributed by atoms with Gasteiger partial charge in [0.05, 0.1) is 36.4 Å². The third-order valence-electron chi connectivity index (χ3n) is 5.58. The van der Waals surface area contributed by atoms with Gasteiger partial charge in [-0.2, -0.15) is 0 Å². The van der Waals surface area contributed by atoms with Gasteiger partial charge in [0.15, 0.2) is 5.82 Å². The predicted molar refractivity (Wildman–Crippen MR) is 127 cm³/mol. The van der Waals surface area contributed by atoms with Crippen LogP contribution in [0.2, 0.25) is 0 Å². The van der Waals surface area contributed by atoms with Gasteiger partial charge in [-0.3, -0.25) is 4.98 Å². The third-order valence-corrected chi connectivity index (χ3v) is 5.58. The number of anilines is 3. The van der Waals surface area contributed by atoms with Crippen LogP contribution in [-0.2, 0) is 0 Å². The van der Waals surface area contributed by atoms with Crippen LogP contribution >= 0.6 is 0 Å². The van der Waals surface area contributed by atoms with Crippen LogP contribution in [0.4, 0.5) is 21.7 Å². The van der Waals surface area contributed by atoms with Crippen LogP contribution in [-0.4, -0.2) is 59.4 Å². The summed E-state index contributed by atoms with van der Waals surface area (Å²) in [6.07, 6.45) is 5.07. The number of alkyl halides is 1. The van der Waals surface area contributed by atoms with Gasteiger partial charge in [0.2, 0.25) is 0 Å². The fraction of sp³-hybridized carbons (Fsp3) is 0.250. The van der Waals surface area contributed by atoms with E-state index in [1.807, 2.05) is 42.5 Å². The zero-order valence-corrected chi connectivity index (χ0v) is 18.2. The highest BCUT2D eigenvalue weighted by Crippen LogP contribution is 2.34. The quantitative estimate of drug-likeness (QED) is 0.466. The molecular formula is C24H24FN7O. The highest BCUT2D eigenvalue weighted by atomic mass is 19.1. The first-order valence-corrected chi connectivity index (χ1v) is 10.8. The molecule has 0 aliphatic carbocycles. The van der Waals surface area contributed by atoms with E-state index in [0.29, 0.717) is 48.4 Å². The fourth-order valence-corrected chi connectivity index (χ4v) is 3.98. The molecule has 1 aromatic carbocycles. The van der Waals surface area contributed by atoms with Crippen LogP contribution in [0.1, 0.15) is 0 Å². The number of nitrogens with zero attached hydrogens (tertiary/aromatic N) is 5. The van der Waals surface area contributed by atoms with E-state index in [0.717, 1.165) is 16.6 Å². The van der Waals surface area contributed by atoms with E-state index in [9.17, 15) is 4.39 Å². The lowest BCUT2D eigenvalue weighted by Gasteiger charge is -2.34. The van der Waals surface area contributed by atoms with Crippen molar-refractivity contribution in [3.63, 3.8) is 0 Å². The van der Waals surface area contributed by atoms with Crippen molar-refractivity contribution in [3.8, 4) is 17.1 Å².